The van der Waals surface area contributed by atoms with E-state index in [4.69, 9.17) is 9.47 Å². The highest BCUT2D eigenvalue weighted by Gasteiger charge is 2.25. The van der Waals surface area contributed by atoms with E-state index in [1.54, 1.807) is 0 Å². The van der Waals surface area contributed by atoms with Crippen LogP contribution in [0.5, 0.6) is 11.5 Å². The molecule has 0 aromatic heterocycles. The molecule has 1 aromatic rings. The van der Waals surface area contributed by atoms with Crippen molar-refractivity contribution < 1.29 is 14.6 Å². The van der Waals surface area contributed by atoms with Crippen molar-refractivity contribution in [2.24, 2.45) is 0 Å². The van der Waals surface area contributed by atoms with E-state index >= 15 is 0 Å². The number of fused-ring (bicyclic) bond motifs is 1. The number of nitrogens with one attached hydrogen (secondary N) is 1. The van der Waals surface area contributed by atoms with Crippen molar-refractivity contribution in [3.05, 3.63) is 17.7 Å². The summed E-state index contributed by atoms with van der Waals surface area (Å²) in [4.78, 5) is 2.13. The fourth-order valence-electron chi connectivity index (χ4n) is 2.46. The van der Waals surface area contributed by atoms with Crippen molar-refractivity contribution >= 4 is 5.69 Å². The lowest BCUT2D eigenvalue weighted by atomic mass is 10.1. The Labute approximate surface area is 106 Å². The number of anilines is 1. The van der Waals surface area contributed by atoms with Crippen molar-refractivity contribution in [3.63, 3.8) is 0 Å². The lowest BCUT2D eigenvalue weighted by molar-refractivity contribution is 0.130. The molecule has 2 aliphatic rings. The van der Waals surface area contributed by atoms with Crippen LogP contribution in [0.2, 0.25) is 0 Å². The standard InChI is InChI=1S/C13H18N2O3/c1-9-2-3-10(13-12(9)17-6-7-18-13)15-5-4-14-11(16)8-15/h2-3,11,14,16H,4-8H2,1H3. The number of benzene rings is 1. The van der Waals surface area contributed by atoms with Crippen molar-refractivity contribution in [2.75, 3.05) is 37.7 Å². The second-order valence-corrected chi connectivity index (χ2v) is 4.67. The van der Waals surface area contributed by atoms with Crippen LogP contribution in [0.15, 0.2) is 12.1 Å². The van der Waals surface area contributed by atoms with Crippen molar-refractivity contribution in [1.82, 2.24) is 5.32 Å². The minimum atomic E-state index is -0.486. The summed E-state index contributed by atoms with van der Waals surface area (Å²) in [6.07, 6.45) is -0.486. The molecule has 1 atom stereocenters. The van der Waals surface area contributed by atoms with E-state index in [-0.39, 0.29) is 0 Å². The van der Waals surface area contributed by atoms with Gasteiger partial charge in [0.05, 0.1) is 12.2 Å². The van der Waals surface area contributed by atoms with Gasteiger partial charge in [-0.25, -0.2) is 0 Å². The van der Waals surface area contributed by atoms with Gasteiger partial charge in [-0.2, -0.15) is 0 Å². The molecule has 0 saturated carbocycles. The van der Waals surface area contributed by atoms with Gasteiger partial charge in [-0.15, -0.1) is 0 Å². The molecule has 98 valence electrons. The molecular weight excluding hydrogens is 232 g/mol. The maximum atomic E-state index is 9.67. The third kappa shape index (κ3) is 2.00. The van der Waals surface area contributed by atoms with Crippen LogP contribution in [0.25, 0.3) is 0 Å². The molecule has 5 heteroatoms. The molecule has 0 bridgehead atoms. The van der Waals surface area contributed by atoms with Crippen LogP contribution < -0.4 is 19.7 Å². The van der Waals surface area contributed by atoms with Gasteiger partial charge >= 0.3 is 0 Å². The lowest BCUT2D eigenvalue weighted by Crippen LogP contribution is -2.50. The molecule has 0 aliphatic carbocycles. The minimum Gasteiger partial charge on any atom is -0.486 e. The Morgan fingerprint density at radius 1 is 1.28 bits per heavy atom. The lowest BCUT2D eigenvalue weighted by Gasteiger charge is -2.35. The number of hydrogen-bond acceptors (Lipinski definition) is 5. The number of β-amino-alcohol motifs (C(OH)–C–C–N with tert-alkyl or cyclic N) is 1. The Kier molecular flexibility index (Phi) is 3.01. The van der Waals surface area contributed by atoms with E-state index in [9.17, 15) is 5.11 Å². The monoisotopic (exact) mass is 250 g/mol. The number of aryl methyl sites for hydroxylation is 1. The second-order valence-electron chi connectivity index (χ2n) is 4.67. The summed E-state index contributed by atoms with van der Waals surface area (Å²) in [5.41, 5.74) is 2.10. The predicted octanol–water partition coefficient (Wildman–Crippen LogP) is 0.494. The Morgan fingerprint density at radius 3 is 2.83 bits per heavy atom. The zero-order chi connectivity index (χ0) is 12.5. The van der Waals surface area contributed by atoms with Crippen LogP contribution in [0.1, 0.15) is 5.56 Å². The first-order valence-corrected chi connectivity index (χ1v) is 6.31. The third-order valence-electron chi connectivity index (χ3n) is 3.36. The highest BCUT2D eigenvalue weighted by atomic mass is 16.6. The van der Waals surface area contributed by atoms with Gasteiger partial charge < -0.3 is 19.5 Å². The predicted molar refractivity (Wildman–Crippen MR) is 68.4 cm³/mol. The van der Waals surface area contributed by atoms with Crippen molar-refractivity contribution in [3.8, 4) is 11.5 Å². The summed E-state index contributed by atoms with van der Waals surface area (Å²) in [5.74, 6) is 1.65. The van der Waals surface area contributed by atoms with E-state index in [2.05, 4.69) is 10.2 Å². The molecule has 2 aliphatic heterocycles. The first-order valence-electron chi connectivity index (χ1n) is 6.31. The second kappa shape index (κ2) is 4.66. The van der Waals surface area contributed by atoms with Gasteiger partial charge in [-0.05, 0) is 18.6 Å². The molecule has 2 N–H and O–H groups in total. The number of hydrogen-bond donors (Lipinski definition) is 2. The van der Waals surface area contributed by atoms with E-state index in [1.807, 2.05) is 19.1 Å². The molecule has 1 fully saturated rings. The first kappa shape index (κ1) is 11.6. The summed E-state index contributed by atoms with van der Waals surface area (Å²) in [5, 5.41) is 12.7. The van der Waals surface area contributed by atoms with E-state index in [0.29, 0.717) is 19.8 Å². The number of ether oxygens (including phenoxy) is 2. The Balaban J connectivity index is 1.96. The first-order chi connectivity index (χ1) is 8.75. The topological polar surface area (TPSA) is 54.0 Å². The summed E-state index contributed by atoms with van der Waals surface area (Å²) in [6, 6.07) is 4.08. The third-order valence-corrected chi connectivity index (χ3v) is 3.36. The molecule has 1 unspecified atom stereocenters. The SMILES string of the molecule is Cc1ccc(N2CCNC(O)C2)c2c1OCCO2. The summed E-state index contributed by atoms with van der Waals surface area (Å²) < 4.78 is 11.4. The summed E-state index contributed by atoms with van der Waals surface area (Å²) in [7, 11) is 0. The van der Waals surface area contributed by atoms with Gasteiger partial charge in [0, 0.05) is 13.1 Å². The highest BCUT2D eigenvalue weighted by Crippen LogP contribution is 2.42. The molecular formula is C13H18N2O3. The Morgan fingerprint density at radius 2 is 2.06 bits per heavy atom. The van der Waals surface area contributed by atoms with Crippen LogP contribution >= 0.6 is 0 Å². The van der Waals surface area contributed by atoms with Gasteiger partial charge in [0.15, 0.2) is 11.5 Å². The highest BCUT2D eigenvalue weighted by molar-refractivity contribution is 5.67. The molecule has 5 nitrogen and oxygen atoms in total. The fourth-order valence-corrected chi connectivity index (χ4v) is 2.46. The molecule has 18 heavy (non-hydrogen) atoms. The quantitative estimate of drug-likeness (QED) is 0.760. The van der Waals surface area contributed by atoms with Gasteiger partial charge in [0.1, 0.15) is 19.4 Å². The molecule has 2 heterocycles. The van der Waals surface area contributed by atoms with Gasteiger partial charge in [-0.1, -0.05) is 6.07 Å². The number of rotatable bonds is 1. The zero-order valence-corrected chi connectivity index (χ0v) is 10.5. The van der Waals surface area contributed by atoms with Crippen molar-refractivity contribution in [1.29, 1.82) is 0 Å². The van der Waals surface area contributed by atoms with Gasteiger partial charge in [0.25, 0.3) is 0 Å². The normalized spacial score (nSPS) is 23.0. The molecule has 1 saturated heterocycles. The van der Waals surface area contributed by atoms with Crippen LogP contribution in [-0.4, -0.2) is 44.2 Å². The number of aliphatic hydroxyl groups is 1. The molecule has 0 amide bonds. The van der Waals surface area contributed by atoms with Gasteiger partial charge in [-0.3, -0.25) is 5.32 Å². The summed E-state index contributed by atoms with van der Waals surface area (Å²) in [6.45, 7) is 5.39. The molecule has 0 spiro atoms. The average Bonchev–Trinajstić information content (AvgIpc) is 2.39. The smallest absolute Gasteiger partial charge is 0.184 e. The van der Waals surface area contributed by atoms with E-state index < -0.39 is 6.23 Å². The fraction of sp³-hybridized carbons (Fsp3) is 0.538. The number of nitrogens with zero attached hydrogens (tertiary/aromatic N) is 1. The van der Waals surface area contributed by atoms with E-state index in [0.717, 1.165) is 35.8 Å². The summed E-state index contributed by atoms with van der Waals surface area (Å²) >= 11 is 0. The van der Waals surface area contributed by atoms with Crippen LogP contribution in [0, 0.1) is 6.92 Å². The maximum Gasteiger partial charge on any atom is 0.184 e. The van der Waals surface area contributed by atoms with E-state index in [1.165, 1.54) is 0 Å². The average molecular weight is 250 g/mol. The zero-order valence-electron chi connectivity index (χ0n) is 10.5. The molecule has 3 rings (SSSR count). The minimum absolute atomic E-state index is 0.486. The van der Waals surface area contributed by atoms with Crippen molar-refractivity contribution in [2.45, 2.75) is 13.2 Å². The maximum absolute atomic E-state index is 9.67. The largest absolute Gasteiger partial charge is 0.486 e. The Bertz CT molecular complexity index is 450. The Hall–Kier alpha value is -1.46. The van der Waals surface area contributed by atoms with Gasteiger partial charge in [0.2, 0.25) is 0 Å². The number of piperazine rings is 1. The van der Waals surface area contributed by atoms with Crippen LogP contribution in [0.4, 0.5) is 5.69 Å². The molecule has 1 aromatic carbocycles. The van der Waals surface area contributed by atoms with Crippen LogP contribution in [-0.2, 0) is 0 Å². The molecule has 0 radical (unpaired) electrons. The number of aliphatic hydroxyl groups excluding tert-OH is 1. The van der Waals surface area contributed by atoms with Crippen LogP contribution in [0.3, 0.4) is 0 Å².